The number of hydrogen-bond donors (Lipinski definition) is 1. The van der Waals surface area contributed by atoms with Gasteiger partial charge in [-0.05, 0) is 32.0 Å². The van der Waals surface area contributed by atoms with E-state index < -0.39 is 0 Å². The maximum absolute atomic E-state index is 11.9. The predicted molar refractivity (Wildman–Crippen MR) is 74.6 cm³/mol. The second-order valence-corrected chi connectivity index (χ2v) is 5.33. The van der Waals surface area contributed by atoms with Crippen molar-refractivity contribution in [1.82, 2.24) is 4.57 Å². The van der Waals surface area contributed by atoms with Crippen molar-refractivity contribution >= 4 is 17.0 Å². The number of benzene rings is 1. The number of ether oxygens (including phenoxy) is 1. The third-order valence-electron chi connectivity index (χ3n) is 3.01. The van der Waals surface area contributed by atoms with E-state index in [1.165, 1.54) is 11.3 Å². The number of aryl methyl sites for hydroxylation is 1. The van der Waals surface area contributed by atoms with Crippen molar-refractivity contribution in [1.29, 1.82) is 0 Å². The molecular formula is C13H16N2O2S. The minimum atomic E-state index is 0.0504. The van der Waals surface area contributed by atoms with E-state index in [9.17, 15) is 4.79 Å². The number of nitrogen functional groups attached to an aromatic ring is 1. The van der Waals surface area contributed by atoms with Crippen LogP contribution in [0, 0.1) is 13.8 Å². The van der Waals surface area contributed by atoms with Gasteiger partial charge in [-0.1, -0.05) is 11.3 Å². The maximum atomic E-state index is 11.9. The van der Waals surface area contributed by atoms with E-state index in [0.717, 1.165) is 21.9 Å². The van der Waals surface area contributed by atoms with Gasteiger partial charge in [0.2, 0.25) is 0 Å². The second kappa shape index (κ2) is 4.86. The van der Waals surface area contributed by atoms with Gasteiger partial charge in [0.15, 0.2) is 0 Å². The van der Waals surface area contributed by atoms with Crippen molar-refractivity contribution in [2.24, 2.45) is 0 Å². The fourth-order valence-corrected chi connectivity index (χ4v) is 2.69. The summed E-state index contributed by atoms with van der Waals surface area (Å²) in [5, 5.41) is 0. The lowest BCUT2D eigenvalue weighted by atomic mass is 10.1. The molecule has 2 rings (SSSR count). The van der Waals surface area contributed by atoms with Crippen molar-refractivity contribution in [3.8, 4) is 5.75 Å². The summed E-state index contributed by atoms with van der Waals surface area (Å²) in [6.45, 7) is 4.39. The van der Waals surface area contributed by atoms with Gasteiger partial charge in [0, 0.05) is 21.8 Å². The first-order chi connectivity index (χ1) is 8.52. The summed E-state index contributed by atoms with van der Waals surface area (Å²) in [7, 11) is 1.61. The summed E-state index contributed by atoms with van der Waals surface area (Å²) in [4.78, 5) is 13.0. The van der Waals surface area contributed by atoms with E-state index in [2.05, 4.69) is 0 Å². The SMILES string of the molecule is COc1ccc(N)cc1Cn1c(C)c(C)sc1=O. The molecule has 2 N–H and O–H groups in total. The molecule has 0 aliphatic rings. The largest absolute Gasteiger partial charge is 0.496 e. The molecule has 0 radical (unpaired) electrons. The molecule has 1 aromatic carbocycles. The Morgan fingerprint density at radius 3 is 2.67 bits per heavy atom. The first-order valence-corrected chi connectivity index (χ1v) is 6.43. The standard InChI is InChI=1S/C13H16N2O2S/c1-8-9(2)18-13(16)15(8)7-10-6-11(14)4-5-12(10)17-3/h4-6H,7,14H2,1-3H3. The highest BCUT2D eigenvalue weighted by atomic mass is 32.1. The third kappa shape index (κ3) is 2.26. The first-order valence-electron chi connectivity index (χ1n) is 5.62. The first kappa shape index (κ1) is 12.7. The Morgan fingerprint density at radius 1 is 1.39 bits per heavy atom. The number of rotatable bonds is 3. The summed E-state index contributed by atoms with van der Waals surface area (Å²) in [6, 6.07) is 5.46. The molecule has 1 aromatic heterocycles. The van der Waals surface area contributed by atoms with E-state index in [1.807, 2.05) is 26.0 Å². The average molecular weight is 264 g/mol. The number of methoxy groups -OCH3 is 1. The Bertz CT molecular complexity index is 628. The summed E-state index contributed by atoms with van der Waals surface area (Å²) < 4.78 is 7.04. The van der Waals surface area contributed by atoms with Crippen LogP contribution in [0.2, 0.25) is 0 Å². The lowest BCUT2D eigenvalue weighted by Crippen LogP contribution is -2.16. The minimum Gasteiger partial charge on any atom is -0.496 e. The zero-order valence-electron chi connectivity index (χ0n) is 10.7. The number of anilines is 1. The molecule has 0 amide bonds. The fourth-order valence-electron chi connectivity index (χ4n) is 1.86. The van der Waals surface area contributed by atoms with Gasteiger partial charge in [-0.25, -0.2) is 0 Å². The number of nitrogens with two attached hydrogens (primary N) is 1. The summed E-state index contributed by atoms with van der Waals surface area (Å²) >= 11 is 1.27. The van der Waals surface area contributed by atoms with Crippen LogP contribution in [0.5, 0.6) is 5.75 Å². The van der Waals surface area contributed by atoms with Crippen LogP contribution in [0.25, 0.3) is 0 Å². The van der Waals surface area contributed by atoms with Crippen LogP contribution in [0.3, 0.4) is 0 Å². The summed E-state index contributed by atoms with van der Waals surface area (Å²) in [6.07, 6.45) is 0. The lowest BCUT2D eigenvalue weighted by molar-refractivity contribution is 0.408. The molecule has 1 heterocycles. The molecule has 0 saturated heterocycles. The molecule has 5 heteroatoms. The molecule has 0 atom stereocenters. The normalized spacial score (nSPS) is 10.6. The molecular weight excluding hydrogens is 248 g/mol. The van der Waals surface area contributed by atoms with Gasteiger partial charge in [0.25, 0.3) is 0 Å². The number of aromatic nitrogens is 1. The molecule has 0 fully saturated rings. The van der Waals surface area contributed by atoms with Crippen LogP contribution >= 0.6 is 11.3 Å². The maximum Gasteiger partial charge on any atom is 0.307 e. The van der Waals surface area contributed by atoms with Crippen molar-refractivity contribution in [2.75, 3.05) is 12.8 Å². The Labute approximate surface area is 110 Å². The molecule has 2 aromatic rings. The second-order valence-electron chi connectivity index (χ2n) is 4.17. The van der Waals surface area contributed by atoms with Gasteiger partial charge in [0.1, 0.15) is 5.75 Å². The molecule has 0 bridgehead atoms. The number of hydrogen-bond acceptors (Lipinski definition) is 4. The highest BCUT2D eigenvalue weighted by Gasteiger charge is 2.11. The van der Waals surface area contributed by atoms with Crippen LogP contribution in [0.4, 0.5) is 5.69 Å². The summed E-state index contributed by atoms with van der Waals surface area (Å²) in [5.74, 6) is 0.749. The minimum absolute atomic E-state index is 0.0504. The Kier molecular flexibility index (Phi) is 3.43. The lowest BCUT2D eigenvalue weighted by Gasteiger charge is -2.11. The van der Waals surface area contributed by atoms with Crippen LogP contribution < -0.4 is 15.3 Å². The zero-order valence-corrected chi connectivity index (χ0v) is 11.5. The Hall–Kier alpha value is -1.75. The molecule has 0 unspecified atom stereocenters. The molecule has 0 aliphatic heterocycles. The van der Waals surface area contributed by atoms with Gasteiger partial charge in [0.05, 0.1) is 13.7 Å². The van der Waals surface area contributed by atoms with E-state index in [1.54, 1.807) is 17.7 Å². The molecule has 4 nitrogen and oxygen atoms in total. The predicted octanol–water partition coefficient (Wildman–Crippen LogP) is 2.17. The highest BCUT2D eigenvalue weighted by molar-refractivity contribution is 7.09. The number of nitrogens with zero attached hydrogens (tertiary/aromatic N) is 1. The quantitative estimate of drug-likeness (QED) is 0.864. The van der Waals surface area contributed by atoms with Crippen LogP contribution in [-0.2, 0) is 6.54 Å². The van der Waals surface area contributed by atoms with E-state index >= 15 is 0 Å². The van der Waals surface area contributed by atoms with Crippen LogP contribution in [-0.4, -0.2) is 11.7 Å². The summed E-state index contributed by atoms with van der Waals surface area (Å²) in [5.41, 5.74) is 8.36. The third-order valence-corrected chi connectivity index (χ3v) is 4.00. The zero-order chi connectivity index (χ0) is 13.3. The highest BCUT2D eigenvalue weighted by Crippen LogP contribution is 2.23. The fraction of sp³-hybridized carbons (Fsp3) is 0.308. The Balaban J connectivity index is 2.45. The topological polar surface area (TPSA) is 57.2 Å². The van der Waals surface area contributed by atoms with Crippen LogP contribution in [0.1, 0.15) is 16.1 Å². The van der Waals surface area contributed by atoms with E-state index in [0.29, 0.717) is 12.2 Å². The molecule has 0 spiro atoms. The van der Waals surface area contributed by atoms with Crippen molar-refractivity contribution in [3.63, 3.8) is 0 Å². The Morgan fingerprint density at radius 2 is 2.11 bits per heavy atom. The molecule has 0 aliphatic carbocycles. The van der Waals surface area contributed by atoms with Crippen molar-refractivity contribution in [2.45, 2.75) is 20.4 Å². The monoisotopic (exact) mass is 264 g/mol. The van der Waals surface area contributed by atoms with Gasteiger partial charge in [-0.2, -0.15) is 0 Å². The molecule has 0 saturated carbocycles. The molecule has 96 valence electrons. The smallest absolute Gasteiger partial charge is 0.307 e. The average Bonchev–Trinajstić information content (AvgIpc) is 2.56. The van der Waals surface area contributed by atoms with E-state index in [-0.39, 0.29) is 4.87 Å². The van der Waals surface area contributed by atoms with Gasteiger partial charge >= 0.3 is 4.87 Å². The van der Waals surface area contributed by atoms with Crippen molar-refractivity contribution in [3.05, 3.63) is 44.0 Å². The van der Waals surface area contributed by atoms with Gasteiger partial charge < -0.3 is 10.5 Å². The van der Waals surface area contributed by atoms with Gasteiger partial charge in [-0.3, -0.25) is 9.36 Å². The molecule has 18 heavy (non-hydrogen) atoms. The van der Waals surface area contributed by atoms with E-state index in [4.69, 9.17) is 10.5 Å². The van der Waals surface area contributed by atoms with Crippen LogP contribution in [0.15, 0.2) is 23.0 Å². The number of thiazole rings is 1. The van der Waals surface area contributed by atoms with Crippen molar-refractivity contribution < 1.29 is 4.74 Å². The van der Waals surface area contributed by atoms with Gasteiger partial charge in [-0.15, -0.1) is 0 Å².